The Morgan fingerprint density at radius 2 is 2.00 bits per heavy atom. The summed E-state index contributed by atoms with van der Waals surface area (Å²) in [5, 5.41) is 9.82. The van der Waals surface area contributed by atoms with Crippen LogP contribution >= 0.6 is 0 Å². The number of sulfonamides is 1. The first-order chi connectivity index (χ1) is 9.04. The summed E-state index contributed by atoms with van der Waals surface area (Å²) in [6, 6.07) is 0.0539. The molecule has 0 bridgehead atoms. The van der Waals surface area contributed by atoms with Crippen molar-refractivity contribution in [3.8, 4) is 0 Å². The molecule has 0 saturated heterocycles. The lowest BCUT2D eigenvalue weighted by atomic mass is 9.96. The van der Waals surface area contributed by atoms with E-state index in [1.165, 1.54) is 6.42 Å². The third kappa shape index (κ3) is 3.34. The molecule has 1 aliphatic carbocycles. The Morgan fingerprint density at radius 1 is 1.32 bits per heavy atom. The highest BCUT2D eigenvalue weighted by atomic mass is 32.2. The molecule has 1 aliphatic rings. The van der Waals surface area contributed by atoms with Gasteiger partial charge in [0.2, 0.25) is 0 Å². The maximum absolute atomic E-state index is 12.4. The summed E-state index contributed by atoms with van der Waals surface area (Å²) in [6.07, 6.45) is 5.23. The van der Waals surface area contributed by atoms with Gasteiger partial charge in [0.15, 0.2) is 5.03 Å². The molecule has 1 aromatic heterocycles. The molecule has 6 nitrogen and oxygen atoms in total. The minimum absolute atomic E-state index is 0.0539. The Labute approximate surface area is 114 Å². The number of aromatic nitrogens is 2. The number of rotatable bonds is 5. The zero-order chi connectivity index (χ0) is 13.9. The minimum Gasteiger partial charge on any atom is -0.316 e. The van der Waals surface area contributed by atoms with Crippen molar-refractivity contribution in [1.82, 2.24) is 20.2 Å². The minimum atomic E-state index is -3.52. The number of nitrogens with one attached hydrogen (secondary N) is 3. The second-order valence-corrected chi connectivity index (χ2v) is 6.75. The summed E-state index contributed by atoms with van der Waals surface area (Å²) in [7, 11) is -1.74. The number of H-pyrrole nitrogens is 1. The largest absolute Gasteiger partial charge is 0.316 e. The maximum atomic E-state index is 12.4. The number of hydrogen-bond donors (Lipinski definition) is 3. The number of hydrogen-bond acceptors (Lipinski definition) is 4. The lowest BCUT2D eigenvalue weighted by Gasteiger charge is -2.22. The first-order valence-corrected chi connectivity index (χ1v) is 8.23. The van der Waals surface area contributed by atoms with Crippen LogP contribution in [0.3, 0.4) is 0 Å². The summed E-state index contributed by atoms with van der Waals surface area (Å²) in [4.78, 5) is 0. The normalized spacial score (nSPS) is 17.8. The van der Waals surface area contributed by atoms with E-state index in [2.05, 4.69) is 20.2 Å². The van der Waals surface area contributed by atoms with Gasteiger partial charge in [-0.3, -0.25) is 5.10 Å². The van der Waals surface area contributed by atoms with E-state index in [0.29, 0.717) is 12.1 Å². The second kappa shape index (κ2) is 6.02. The molecule has 1 heterocycles. The average molecular weight is 286 g/mol. The molecular formula is C12H22N4O2S. The lowest BCUT2D eigenvalue weighted by molar-refractivity contribution is 0.411. The highest BCUT2D eigenvalue weighted by Gasteiger charge is 2.27. The fourth-order valence-electron chi connectivity index (χ4n) is 2.53. The van der Waals surface area contributed by atoms with Gasteiger partial charge in [-0.05, 0) is 26.8 Å². The molecule has 0 radical (unpaired) electrons. The first-order valence-electron chi connectivity index (χ1n) is 6.75. The molecule has 7 heteroatoms. The zero-order valence-corrected chi connectivity index (χ0v) is 12.3. The fraction of sp³-hybridized carbons (Fsp3) is 0.750. The van der Waals surface area contributed by atoms with Crippen molar-refractivity contribution in [2.75, 3.05) is 7.05 Å². The molecular weight excluding hydrogens is 264 g/mol. The van der Waals surface area contributed by atoms with E-state index in [1.807, 2.05) is 6.92 Å². The van der Waals surface area contributed by atoms with E-state index in [4.69, 9.17) is 0 Å². The van der Waals surface area contributed by atoms with Gasteiger partial charge in [0, 0.05) is 23.8 Å². The van der Waals surface area contributed by atoms with E-state index >= 15 is 0 Å². The van der Waals surface area contributed by atoms with Gasteiger partial charge in [-0.25, -0.2) is 13.1 Å². The predicted molar refractivity (Wildman–Crippen MR) is 73.3 cm³/mol. The van der Waals surface area contributed by atoms with Crippen molar-refractivity contribution in [1.29, 1.82) is 0 Å². The zero-order valence-electron chi connectivity index (χ0n) is 11.5. The Hall–Kier alpha value is -0.920. The Bertz CT molecular complexity index is 518. The monoisotopic (exact) mass is 286 g/mol. The standard InChI is InChI=1S/C12H22N4O2S/c1-9-11(8-13-2)12(15-14-9)19(17,18)16-10-6-4-3-5-7-10/h10,13,16H,3-8H2,1-2H3,(H,14,15). The average Bonchev–Trinajstić information content (AvgIpc) is 2.73. The second-order valence-electron chi connectivity index (χ2n) is 5.12. The lowest BCUT2D eigenvalue weighted by Crippen LogP contribution is -2.36. The van der Waals surface area contributed by atoms with Crippen molar-refractivity contribution in [3.63, 3.8) is 0 Å². The van der Waals surface area contributed by atoms with E-state index < -0.39 is 10.0 Å². The van der Waals surface area contributed by atoms with Crippen molar-refractivity contribution in [3.05, 3.63) is 11.3 Å². The van der Waals surface area contributed by atoms with Gasteiger partial charge >= 0.3 is 0 Å². The predicted octanol–water partition coefficient (Wildman–Crippen LogP) is 1.05. The Kier molecular flexibility index (Phi) is 4.59. The fourth-order valence-corrected chi connectivity index (χ4v) is 4.03. The summed E-state index contributed by atoms with van der Waals surface area (Å²) in [5.74, 6) is 0. The van der Waals surface area contributed by atoms with E-state index in [9.17, 15) is 8.42 Å². The molecule has 0 unspecified atom stereocenters. The van der Waals surface area contributed by atoms with Crippen LogP contribution in [0.5, 0.6) is 0 Å². The Balaban J connectivity index is 2.18. The van der Waals surface area contributed by atoms with Crippen LogP contribution in [0, 0.1) is 6.92 Å². The van der Waals surface area contributed by atoms with Crippen molar-refractivity contribution >= 4 is 10.0 Å². The van der Waals surface area contributed by atoms with Gasteiger partial charge < -0.3 is 5.32 Å². The molecule has 108 valence electrons. The number of aromatic amines is 1. The molecule has 19 heavy (non-hydrogen) atoms. The summed E-state index contributed by atoms with van der Waals surface area (Å²) >= 11 is 0. The maximum Gasteiger partial charge on any atom is 0.260 e. The van der Waals surface area contributed by atoms with E-state index in [0.717, 1.165) is 31.4 Å². The van der Waals surface area contributed by atoms with E-state index in [-0.39, 0.29) is 11.1 Å². The third-order valence-electron chi connectivity index (χ3n) is 3.57. The third-order valence-corrected chi connectivity index (χ3v) is 5.06. The van der Waals surface area contributed by atoms with Crippen molar-refractivity contribution < 1.29 is 8.42 Å². The van der Waals surface area contributed by atoms with Crippen LogP contribution in [-0.4, -0.2) is 31.7 Å². The smallest absolute Gasteiger partial charge is 0.260 e. The van der Waals surface area contributed by atoms with Crippen LogP contribution in [0.15, 0.2) is 5.03 Å². The van der Waals surface area contributed by atoms with Crippen molar-refractivity contribution in [2.45, 2.75) is 56.6 Å². The summed E-state index contributed by atoms with van der Waals surface area (Å²) < 4.78 is 27.6. The SMILES string of the molecule is CNCc1c(S(=O)(=O)NC2CCCCC2)n[nH]c1C. The molecule has 0 atom stereocenters. The highest BCUT2D eigenvalue weighted by Crippen LogP contribution is 2.21. The molecule has 0 aromatic carbocycles. The molecule has 0 amide bonds. The first kappa shape index (κ1) is 14.5. The molecule has 2 rings (SSSR count). The van der Waals surface area contributed by atoms with Gasteiger partial charge in [-0.1, -0.05) is 19.3 Å². The summed E-state index contributed by atoms with van der Waals surface area (Å²) in [6.45, 7) is 2.32. The van der Waals surface area contributed by atoms with Crippen LogP contribution in [0.4, 0.5) is 0 Å². The molecule has 3 N–H and O–H groups in total. The van der Waals surface area contributed by atoms with Crippen LogP contribution in [0.1, 0.15) is 43.4 Å². The Morgan fingerprint density at radius 3 is 2.63 bits per heavy atom. The topological polar surface area (TPSA) is 86.9 Å². The summed E-state index contributed by atoms with van der Waals surface area (Å²) in [5.41, 5.74) is 1.50. The van der Waals surface area contributed by atoms with Crippen molar-refractivity contribution in [2.24, 2.45) is 0 Å². The quantitative estimate of drug-likeness (QED) is 0.755. The number of nitrogens with zero attached hydrogens (tertiary/aromatic N) is 1. The molecule has 1 aromatic rings. The van der Waals surface area contributed by atoms with Gasteiger partial charge in [0.25, 0.3) is 10.0 Å². The van der Waals surface area contributed by atoms with E-state index in [1.54, 1.807) is 7.05 Å². The molecule has 0 aliphatic heterocycles. The van der Waals surface area contributed by atoms with Crippen LogP contribution < -0.4 is 10.0 Å². The molecule has 1 fully saturated rings. The van der Waals surface area contributed by atoms with Gasteiger partial charge in [0.1, 0.15) is 0 Å². The van der Waals surface area contributed by atoms with Gasteiger partial charge in [0.05, 0.1) is 0 Å². The van der Waals surface area contributed by atoms with Gasteiger partial charge in [-0.15, -0.1) is 0 Å². The molecule has 0 spiro atoms. The van der Waals surface area contributed by atoms with Crippen LogP contribution in [-0.2, 0) is 16.6 Å². The van der Waals surface area contributed by atoms with Crippen LogP contribution in [0.25, 0.3) is 0 Å². The molecule has 1 saturated carbocycles. The van der Waals surface area contributed by atoms with Crippen LogP contribution in [0.2, 0.25) is 0 Å². The number of aryl methyl sites for hydroxylation is 1. The van der Waals surface area contributed by atoms with Gasteiger partial charge in [-0.2, -0.15) is 5.10 Å². The highest BCUT2D eigenvalue weighted by molar-refractivity contribution is 7.89.